The first-order chi connectivity index (χ1) is 6.83. The van der Waals surface area contributed by atoms with E-state index in [4.69, 9.17) is 4.74 Å². The lowest BCUT2D eigenvalue weighted by Crippen LogP contribution is -2.57. The fourth-order valence-corrected chi connectivity index (χ4v) is 1.64. The van der Waals surface area contributed by atoms with E-state index in [-0.39, 0.29) is 5.97 Å². The zero-order valence-electron chi connectivity index (χ0n) is 8.12. The molecule has 0 aromatic heterocycles. The van der Waals surface area contributed by atoms with Crippen LogP contribution >= 0.6 is 0 Å². The molecule has 0 aromatic carbocycles. The summed E-state index contributed by atoms with van der Waals surface area (Å²) < 4.78 is 4.95. The van der Waals surface area contributed by atoms with Gasteiger partial charge >= 0.3 is 5.97 Å². The van der Waals surface area contributed by atoms with Gasteiger partial charge in [-0.3, -0.25) is 10.7 Å². The summed E-state index contributed by atoms with van der Waals surface area (Å²) in [6.07, 6.45) is 0. The van der Waals surface area contributed by atoms with Gasteiger partial charge in [0.05, 0.1) is 6.61 Å². The number of carbonyl (C=O) groups excluding carboxylic acids is 1. The predicted octanol–water partition coefficient (Wildman–Crippen LogP) is -1.30. The monoisotopic (exact) mass is 198 g/mol. The molecule has 6 nitrogen and oxygen atoms in total. The summed E-state index contributed by atoms with van der Waals surface area (Å²) in [6, 6.07) is -0.404. The van der Waals surface area contributed by atoms with Gasteiger partial charge in [0.1, 0.15) is 6.67 Å². The van der Waals surface area contributed by atoms with Crippen molar-refractivity contribution < 1.29 is 9.53 Å². The van der Waals surface area contributed by atoms with E-state index in [1.807, 2.05) is 4.90 Å². The molecule has 2 aliphatic heterocycles. The van der Waals surface area contributed by atoms with Crippen molar-refractivity contribution in [2.75, 3.05) is 26.4 Å². The number of esters is 1. The Bertz CT molecular complexity index is 266. The first-order valence-corrected chi connectivity index (χ1v) is 4.78. The third kappa shape index (κ3) is 1.52. The summed E-state index contributed by atoms with van der Waals surface area (Å²) in [5.74, 6) is 0.495. The van der Waals surface area contributed by atoms with Gasteiger partial charge in [-0.25, -0.2) is 4.79 Å². The van der Waals surface area contributed by atoms with E-state index in [0.29, 0.717) is 13.3 Å². The van der Waals surface area contributed by atoms with Gasteiger partial charge in [0.2, 0.25) is 0 Å². The number of fused-ring (bicyclic) bond motifs is 1. The Hall–Kier alpha value is -1.30. The van der Waals surface area contributed by atoms with Crippen LogP contribution in [-0.2, 0) is 9.53 Å². The van der Waals surface area contributed by atoms with Crippen molar-refractivity contribution in [3.05, 3.63) is 0 Å². The van der Waals surface area contributed by atoms with Crippen LogP contribution in [0.4, 0.5) is 0 Å². The van der Waals surface area contributed by atoms with Crippen molar-refractivity contribution in [2.24, 2.45) is 5.10 Å². The number of hydrogen-bond donors (Lipinski definition) is 2. The molecule has 0 amide bonds. The normalized spacial score (nSPS) is 25.1. The number of hydrazone groups is 1. The minimum absolute atomic E-state index is 0.250. The van der Waals surface area contributed by atoms with Crippen molar-refractivity contribution >= 4 is 11.8 Å². The van der Waals surface area contributed by atoms with Crippen molar-refractivity contribution in [1.82, 2.24) is 15.6 Å². The molecule has 78 valence electrons. The van der Waals surface area contributed by atoms with E-state index in [0.717, 1.165) is 18.9 Å². The second-order valence-electron chi connectivity index (χ2n) is 3.19. The number of piperazine rings is 1. The molecule has 1 saturated heterocycles. The van der Waals surface area contributed by atoms with Crippen LogP contribution in [-0.4, -0.2) is 49.1 Å². The van der Waals surface area contributed by atoms with Gasteiger partial charge in [0, 0.05) is 13.1 Å². The largest absolute Gasteiger partial charge is 0.464 e. The van der Waals surface area contributed by atoms with Crippen LogP contribution in [0.2, 0.25) is 0 Å². The molecule has 2 rings (SSSR count). The molecule has 0 radical (unpaired) electrons. The molecule has 0 aliphatic carbocycles. The maximum atomic E-state index is 11.5. The van der Waals surface area contributed by atoms with Gasteiger partial charge in [-0.15, -0.1) is 0 Å². The highest BCUT2D eigenvalue weighted by atomic mass is 16.5. The summed E-state index contributed by atoms with van der Waals surface area (Å²) in [5, 5.41) is 7.16. The molecular formula is C8H14N4O2. The average Bonchev–Trinajstić information content (AvgIpc) is 2.65. The third-order valence-corrected chi connectivity index (χ3v) is 2.29. The number of rotatable bonds is 2. The maximum Gasteiger partial charge on any atom is 0.331 e. The fraction of sp³-hybridized carbons (Fsp3) is 0.750. The smallest absolute Gasteiger partial charge is 0.331 e. The third-order valence-electron chi connectivity index (χ3n) is 2.29. The van der Waals surface area contributed by atoms with Crippen molar-refractivity contribution in [1.29, 1.82) is 0 Å². The topological polar surface area (TPSA) is 66.0 Å². The van der Waals surface area contributed by atoms with Gasteiger partial charge in [-0.2, -0.15) is 5.10 Å². The van der Waals surface area contributed by atoms with Crippen molar-refractivity contribution in [2.45, 2.75) is 13.0 Å². The molecular weight excluding hydrogens is 184 g/mol. The lowest BCUT2D eigenvalue weighted by atomic mass is 10.2. The number of amidine groups is 1. The zero-order valence-corrected chi connectivity index (χ0v) is 8.12. The minimum atomic E-state index is -0.404. The van der Waals surface area contributed by atoms with Crippen LogP contribution in [0.3, 0.4) is 0 Å². The Labute approximate surface area is 82.3 Å². The van der Waals surface area contributed by atoms with E-state index < -0.39 is 6.04 Å². The fourth-order valence-electron chi connectivity index (χ4n) is 1.64. The lowest BCUT2D eigenvalue weighted by Gasteiger charge is -2.30. The molecule has 1 fully saturated rings. The Morgan fingerprint density at radius 3 is 3.43 bits per heavy atom. The minimum Gasteiger partial charge on any atom is -0.464 e. The van der Waals surface area contributed by atoms with Crippen LogP contribution in [0.5, 0.6) is 0 Å². The Balaban J connectivity index is 2.06. The summed E-state index contributed by atoms with van der Waals surface area (Å²) >= 11 is 0. The molecule has 2 heterocycles. The summed E-state index contributed by atoms with van der Waals surface area (Å²) in [5.41, 5.74) is 2.86. The number of ether oxygens (including phenoxy) is 1. The summed E-state index contributed by atoms with van der Waals surface area (Å²) in [6.45, 7) is 4.55. The number of nitrogens with one attached hydrogen (secondary N) is 2. The van der Waals surface area contributed by atoms with E-state index in [2.05, 4.69) is 15.8 Å². The van der Waals surface area contributed by atoms with Crippen LogP contribution < -0.4 is 10.7 Å². The molecule has 1 unspecified atom stereocenters. The molecule has 14 heavy (non-hydrogen) atoms. The molecule has 0 aromatic rings. The quantitative estimate of drug-likeness (QED) is 0.540. The first kappa shape index (κ1) is 9.26. The molecule has 0 bridgehead atoms. The van der Waals surface area contributed by atoms with Gasteiger partial charge in [0.25, 0.3) is 0 Å². The highest BCUT2D eigenvalue weighted by Gasteiger charge is 2.35. The lowest BCUT2D eigenvalue weighted by molar-refractivity contribution is -0.144. The maximum absolute atomic E-state index is 11.5. The number of carbonyl (C=O) groups is 1. The zero-order chi connectivity index (χ0) is 9.97. The summed E-state index contributed by atoms with van der Waals surface area (Å²) in [4.78, 5) is 13.6. The van der Waals surface area contributed by atoms with Crippen LogP contribution in [0, 0.1) is 0 Å². The second kappa shape index (κ2) is 3.83. The predicted molar refractivity (Wildman–Crippen MR) is 50.6 cm³/mol. The Kier molecular flexibility index (Phi) is 2.53. The van der Waals surface area contributed by atoms with Gasteiger partial charge in [-0.05, 0) is 6.92 Å². The first-order valence-electron chi connectivity index (χ1n) is 4.78. The molecule has 1 atom stereocenters. The molecule has 2 N–H and O–H groups in total. The molecule has 0 saturated carbocycles. The van der Waals surface area contributed by atoms with Crippen LogP contribution in [0.15, 0.2) is 5.10 Å². The number of hydrogen-bond acceptors (Lipinski definition) is 6. The molecule has 2 aliphatic rings. The van der Waals surface area contributed by atoms with E-state index in [1.54, 1.807) is 6.92 Å². The molecule has 0 spiro atoms. The van der Waals surface area contributed by atoms with E-state index in [1.165, 1.54) is 0 Å². The number of nitrogens with zero attached hydrogens (tertiary/aromatic N) is 2. The van der Waals surface area contributed by atoms with Crippen LogP contribution in [0.1, 0.15) is 6.92 Å². The van der Waals surface area contributed by atoms with Crippen LogP contribution in [0.25, 0.3) is 0 Å². The van der Waals surface area contributed by atoms with E-state index >= 15 is 0 Å². The van der Waals surface area contributed by atoms with E-state index in [9.17, 15) is 4.79 Å². The molecule has 6 heteroatoms. The van der Waals surface area contributed by atoms with Gasteiger partial charge < -0.3 is 9.64 Å². The SMILES string of the molecule is CCOC(=O)C1NCCN2CNN=C12. The van der Waals surface area contributed by atoms with Gasteiger partial charge in [0.15, 0.2) is 11.9 Å². The van der Waals surface area contributed by atoms with Crippen molar-refractivity contribution in [3.8, 4) is 0 Å². The Morgan fingerprint density at radius 2 is 2.64 bits per heavy atom. The second-order valence-corrected chi connectivity index (χ2v) is 3.19. The standard InChI is InChI=1S/C8H14N4O2/c1-2-14-8(13)6-7-11-10-5-12(7)4-3-9-6/h6,9-10H,2-5H2,1H3. The highest BCUT2D eigenvalue weighted by molar-refractivity contribution is 6.05. The summed E-state index contributed by atoms with van der Waals surface area (Å²) in [7, 11) is 0. The highest BCUT2D eigenvalue weighted by Crippen LogP contribution is 2.07. The van der Waals surface area contributed by atoms with Gasteiger partial charge in [-0.1, -0.05) is 0 Å². The average molecular weight is 198 g/mol. The van der Waals surface area contributed by atoms with Crippen molar-refractivity contribution in [3.63, 3.8) is 0 Å². The Morgan fingerprint density at radius 1 is 1.79 bits per heavy atom.